The third kappa shape index (κ3) is 5.00. The van der Waals surface area contributed by atoms with Gasteiger partial charge in [-0.3, -0.25) is 9.59 Å². The first-order valence-electron chi connectivity index (χ1n) is 11.3. The molecule has 0 saturated carbocycles. The summed E-state index contributed by atoms with van der Waals surface area (Å²) < 4.78 is 0. The number of nitrogens with one attached hydrogen (secondary N) is 3. The third-order valence-electron chi connectivity index (χ3n) is 5.89. The van der Waals surface area contributed by atoms with Gasteiger partial charge >= 0.3 is 0 Å². The Morgan fingerprint density at radius 3 is 2.26 bits per heavy atom. The van der Waals surface area contributed by atoms with Crippen molar-refractivity contribution in [2.45, 2.75) is 13.1 Å². The molecular weight excluding hydrogens is 438 g/mol. The van der Waals surface area contributed by atoms with Crippen LogP contribution in [0.15, 0.2) is 97.1 Å². The Kier molecular flexibility index (Phi) is 6.15. The molecule has 0 spiro atoms. The van der Waals surface area contributed by atoms with Crippen LogP contribution in [-0.2, 0) is 13.1 Å². The van der Waals surface area contributed by atoms with Crippen molar-refractivity contribution in [2.75, 3.05) is 21.4 Å². The van der Waals surface area contributed by atoms with Crippen molar-refractivity contribution in [1.82, 2.24) is 5.43 Å². The molecule has 1 aliphatic heterocycles. The molecule has 0 saturated heterocycles. The van der Waals surface area contributed by atoms with Crippen molar-refractivity contribution < 1.29 is 9.59 Å². The van der Waals surface area contributed by atoms with Crippen molar-refractivity contribution >= 4 is 34.6 Å². The summed E-state index contributed by atoms with van der Waals surface area (Å²) in [6.45, 7) is 1.31. The van der Waals surface area contributed by atoms with Gasteiger partial charge in [0.1, 0.15) is 0 Å². The van der Waals surface area contributed by atoms with E-state index in [1.165, 1.54) is 0 Å². The van der Waals surface area contributed by atoms with E-state index in [4.69, 9.17) is 5.73 Å². The quantitative estimate of drug-likeness (QED) is 0.308. The molecule has 0 radical (unpaired) electrons. The van der Waals surface area contributed by atoms with E-state index in [0.717, 1.165) is 22.5 Å². The smallest absolute Gasteiger partial charge is 0.255 e. The van der Waals surface area contributed by atoms with Gasteiger partial charge in [0.05, 0.1) is 23.6 Å². The molecule has 0 fully saturated rings. The average molecular weight is 464 g/mol. The molecule has 0 bridgehead atoms. The zero-order valence-corrected chi connectivity index (χ0v) is 19.0. The van der Waals surface area contributed by atoms with Crippen LogP contribution in [0.5, 0.6) is 0 Å². The number of nitrogens with two attached hydrogens (primary N) is 1. The topological polar surface area (TPSA) is 99.5 Å². The maximum atomic E-state index is 12.6. The number of hydrogen-bond acceptors (Lipinski definition) is 5. The highest BCUT2D eigenvalue weighted by atomic mass is 16.2. The number of rotatable bonds is 6. The molecule has 0 atom stereocenters. The van der Waals surface area contributed by atoms with Crippen molar-refractivity contribution in [2.24, 2.45) is 0 Å². The van der Waals surface area contributed by atoms with E-state index in [1.807, 2.05) is 72.8 Å². The minimum Gasteiger partial charge on any atom is -0.397 e. The second-order valence-corrected chi connectivity index (χ2v) is 8.32. The summed E-state index contributed by atoms with van der Waals surface area (Å²) in [6.07, 6.45) is 0. The molecule has 174 valence electrons. The van der Waals surface area contributed by atoms with Gasteiger partial charge in [0.2, 0.25) is 0 Å². The minimum atomic E-state index is -0.204. The molecule has 5 rings (SSSR count). The highest BCUT2D eigenvalue weighted by molar-refractivity contribution is 6.06. The normalized spacial score (nSPS) is 12.2. The predicted molar refractivity (Wildman–Crippen MR) is 139 cm³/mol. The van der Waals surface area contributed by atoms with Crippen molar-refractivity contribution in [3.8, 4) is 0 Å². The zero-order valence-electron chi connectivity index (χ0n) is 19.0. The number of benzene rings is 4. The molecule has 4 aromatic carbocycles. The van der Waals surface area contributed by atoms with Gasteiger partial charge in [-0.05, 0) is 65.7 Å². The lowest BCUT2D eigenvalue weighted by molar-refractivity contribution is 0.101. The Morgan fingerprint density at radius 1 is 0.800 bits per heavy atom. The molecule has 5 N–H and O–H groups in total. The summed E-state index contributed by atoms with van der Waals surface area (Å²) in [5.41, 5.74) is 15.6. The van der Waals surface area contributed by atoms with Gasteiger partial charge in [-0.1, -0.05) is 42.5 Å². The number of nitrogen functional groups attached to an aromatic ring is 1. The largest absolute Gasteiger partial charge is 0.397 e. The van der Waals surface area contributed by atoms with Crippen LogP contribution in [-0.4, -0.2) is 11.8 Å². The molecule has 4 aromatic rings. The van der Waals surface area contributed by atoms with E-state index >= 15 is 0 Å². The zero-order chi connectivity index (χ0) is 24.2. The Hall–Kier alpha value is -4.62. The van der Waals surface area contributed by atoms with Crippen molar-refractivity contribution in [3.63, 3.8) is 0 Å². The van der Waals surface area contributed by atoms with Gasteiger partial charge < -0.3 is 21.4 Å². The summed E-state index contributed by atoms with van der Waals surface area (Å²) in [6, 6.07) is 29.7. The predicted octanol–water partition coefficient (Wildman–Crippen LogP) is 4.80. The van der Waals surface area contributed by atoms with Crippen LogP contribution in [0.1, 0.15) is 31.8 Å². The lowest BCUT2D eigenvalue weighted by atomic mass is 10.1. The Labute approximate surface area is 203 Å². The second kappa shape index (κ2) is 9.70. The summed E-state index contributed by atoms with van der Waals surface area (Å²) >= 11 is 0. The summed E-state index contributed by atoms with van der Waals surface area (Å²) in [4.78, 5) is 25.0. The highest BCUT2D eigenvalue weighted by Crippen LogP contribution is 2.29. The van der Waals surface area contributed by atoms with Gasteiger partial charge in [0.15, 0.2) is 0 Å². The molecule has 0 aliphatic carbocycles. The number of hydrazine groups is 1. The van der Waals surface area contributed by atoms with E-state index in [1.54, 1.807) is 24.3 Å². The molecule has 2 amide bonds. The van der Waals surface area contributed by atoms with E-state index < -0.39 is 0 Å². The Morgan fingerprint density at radius 2 is 1.49 bits per heavy atom. The van der Waals surface area contributed by atoms with E-state index in [0.29, 0.717) is 35.6 Å². The molecule has 7 nitrogen and oxygen atoms in total. The standard InChI is InChI=1S/C28H25N5O2/c29-24-8-4-5-9-25(24)32-28(35)21-12-10-19(11-13-21)18-33-26-15-14-23(16-22(26)17-30-33)31-27(34)20-6-2-1-3-7-20/h1-16,30H,17-18,29H2,(H,31,34)(H,32,35). The van der Waals surface area contributed by atoms with Gasteiger partial charge in [-0.25, -0.2) is 5.43 Å². The third-order valence-corrected chi connectivity index (χ3v) is 5.89. The summed E-state index contributed by atoms with van der Waals surface area (Å²) in [7, 11) is 0. The first-order chi connectivity index (χ1) is 17.1. The van der Waals surface area contributed by atoms with Crippen LogP contribution in [0, 0.1) is 0 Å². The van der Waals surface area contributed by atoms with E-state index in [9.17, 15) is 9.59 Å². The van der Waals surface area contributed by atoms with Gasteiger partial charge in [-0.15, -0.1) is 0 Å². The van der Waals surface area contributed by atoms with E-state index in [2.05, 4.69) is 21.1 Å². The SMILES string of the molecule is Nc1ccccc1NC(=O)c1ccc(CN2NCc3cc(NC(=O)c4ccccc4)ccc32)cc1. The fourth-order valence-electron chi connectivity index (χ4n) is 4.02. The molecule has 0 aromatic heterocycles. The Balaban J connectivity index is 1.22. The highest BCUT2D eigenvalue weighted by Gasteiger charge is 2.20. The van der Waals surface area contributed by atoms with Gasteiger partial charge in [-0.2, -0.15) is 0 Å². The number of carbonyl (C=O) groups excluding carboxylic acids is 2. The van der Waals surface area contributed by atoms with Crippen molar-refractivity contribution in [1.29, 1.82) is 0 Å². The van der Waals surface area contributed by atoms with Crippen molar-refractivity contribution in [3.05, 3.63) is 119 Å². The molecule has 0 unspecified atom stereocenters. The molecule has 35 heavy (non-hydrogen) atoms. The lowest BCUT2D eigenvalue weighted by Gasteiger charge is -2.20. The van der Waals surface area contributed by atoms with Gasteiger partial charge in [0.25, 0.3) is 11.8 Å². The van der Waals surface area contributed by atoms with Gasteiger partial charge in [0, 0.05) is 23.4 Å². The van der Waals surface area contributed by atoms with E-state index in [-0.39, 0.29) is 11.8 Å². The number of para-hydroxylation sites is 2. The molecule has 7 heteroatoms. The number of anilines is 4. The van der Waals surface area contributed by atoms with Crippen LogP contribution in [0.2, 0.25) is 0 Å². The first kappa shape index (κ1) is 22.2. The number of nitrogens with zero attached hydrogens (tertiary/aromatic N) is 1. The number of hydrogen-bond donors (Lipinski definition) is 4. The summed E-state index contributed by atoms with van der Waals surface area (Å²) in [5, 5.41) is 7.87. The lowest BCUT2D eigenvalue weighted by Crippen LogP contribution is -2.31. The fraction of sp³-hybridized carbons (Fsp3) is 0.0714. The maximum absolute atomic E-state index is 12.6. The average Bonchev–Trinajstić information content (AvgIpc) is 3.28. The number of amides is 2. The summed E-state index contributed by atoms with van der Waals surface area (Å²) in [5.74, 6) is -0.336. The number of carbonyl (C=O) groups is 2. The second-order valence-electron chi connectivity index (χ2n) is 8.32. The van der Waals surface area contributed by atoms with Crippen LogP contribution in [0.25, 0.3) is 0 Å². The number of fused-ring (bicyclic) bond motifs is 1. The molecule has 1 aliphatic rings. The minimum absolute atomic E-state index is 0.132. The Bertz CT molecular complexity index is 1370. The molecular formula is C28H25N5O2. The van der Waals surface area contributed by atoms with Crippen LogP contribution in [0.4, 0.5) is 22.7 Å². The first-order valence-corrected chi connectivity index (χ1v) is 11.3. The van der Waals surface area contributed by atoms with Crippen LogP contribution < -0.4 is 26.8 Å². The molecule has 1 heterocycles. The monoisotopic (exact) mass is 463 g/mol. The van der Waals surface area contributed by atoms with Crippen LogP contribution >= 0.6 is 0 Å². The van der Waals surface area contributed by atoms with Crippen LogP contribution in [0.3, 0.4) is 0 Å². The maximum Gasteiger partial charge on any atom is 0.255 e. The fourth-order valence-corrected chi connectivity index (χ4v) is 4.02.